The van der Waals surface area contributed by atoms with Crippen molar-refractivity contribution in [3.05, 3.63) is 34.7 Å². The minimum Gasteiger partial charge on any atom is -0.481 e. The zero-order chi connectivity index (χ0) is 12.3. The first-order valence-corrected chi connectivity index (χ1v) is 6.95. The minimum atomic E-state index is -0.837. The molecule has 1 aromatic carbocycles. The Kier molecular flexibility index (Phi) is 4.04. The average Bonchev–Trinajstić information content (AvgIpc) is 2.76. The Morgan fingerprint density at radius 3 is 2.76 bits per heavy atom. The van der Waals surface area contributed by atoms with Crippen LogP contribution in [0.2, 0.25) is 5.02 Å². The van der Waals surface area contributed by atoms with Crippen molar-refractivity contribution >= 4 is 40.7 Å². The Morgan fingerprint density at radius 2 is 2.12 bits per heavy atom. The Morgan fingerprint density at radius 1 is 1.41 bits per heavy atom. The highest BCUT2D eigenvalue weighted by Crippen LogP contribution is 2.28. The van der Waals surface area contributed by atoms with Crippen LogP contribution in [0.1, 0.15) is 0 Å². The monoisotopic (exact) mass is 285 g/mol. The Labute approximate surface area is 111 Å². The van der Waals surface area contributed by atoms with Crippen LogP contribution in [-0.4, -0.2) is 21.8 Å². The summed E-state index contributed by atoms with van der Waals surface area (Å²) in [5.74, 6) is -0.805. The van der Waals surface area contributed by atoms with E-state index in [1.807, 2.05) is 29.6 Å². The SMILES string of the molecule is O=C(O)CSc1csc(-c2ccc(Cl)cc2)n1. The lowest BCUT2D eigenvalue weighted by Crippen LogP contribution is -1.97. The van der Waals surface area contributed by atoms with Gasteiger partial charge < -0.3 is 5.11 Å². The van der Waals surface area contributed by atoms with Gasteiger partial charge in [-0.15, -0.1) is 11.3 Å². The second kappa shape index (κ2) is 5.53. The molecule has 0 aliphatic carbocycles. The van der Waals surface area contributed by atoms with Crippen molar-refractivity contribution in [1.29, 1.82) is 0 Å². The number of rotatable bonds is 4. The fourth-order valence-corrected chi connectivity index (χ4v) is 2.90. The molecule has 0 aliphatic rings. The van der Waals surface area contributed by atoms with Gasteiger partial charge in [-0.25, -0.2) is 4.98 Å². The van der Waals surface area contributed by atoms with Crippen LogP contribution in [-0.2, 0) is 4.79 Å². The number of thioether (sulfide) groups is 1. The lowest BCUT2D eigenvalue weighted by atomic mass is 10.2. The molecule has 0 unspecified atom stereocenters. The number of halogens is 1. The van der Waals surface area contributed by atoms with E-state index in [9.17, 15) is 4.79 Å². The van der Waals surface area contributed by atoms with Gasteiger partial charge in [-0.2, -0.15) is 0 Å². The summed E-state index contributed by atoms with van der Waals surface area (Å²) in [6, 6.07) is 7.41. The first kappa shape index (κ1) is 12.4. The van der Waals surface area contributed by atoms with Crippen LogP contribution in [0.15, 0.2) is 34.7 Å². The zero-order valence-corrected chi connectivity index (χ0v) is 11.0. The second-order valence-corrected chi connectivity index (χ2v) is 5.47. The molecule has 88 valence electrons. The molecule has 0 saturated carbocycles. The third kappa shape index (κ3) is 3.46. The molecule has 0 aliphatic heterocycles. The van der Waals surface area contributed by atoms with E-state index >= 15 is 0 Å². The standard InChI is InChI=1S/C11H8ClNO2S2/c12-8-3-1-7(2-4-8)11-13-9(5-17-11)16-6-10(14)15/h1-5H,6H2,(H,14,15). The summed E-state index contributed by atoms with van der Waals surface area (Å²) < 4.78 is 0. The van der Waals surface area contributed by atoms with Crippen LogP contribution in [0, 0.1) is 0 Å². The minimum absolute atomic E-state index is 0.0315. The number of benzene rings is 1. The van der Waals surface area contributed by atoms with E-state index in [4.69, 9.17) is 16.7 Å². The molecule has 3 nitrogen and oxygen atoms in total. The smallest absolute Gasteiger partial charge is 0.313 e. The van der Waals surface area contributed by atoms with Gasteiger partial charge in [-0.3, -0.25) is 4.79 Å². The average molecular weight is 286 g/mol. The zero-order valence-electron chi connectivity index (χ0n) is 8.59. The largest absolute Gasteiger partial charge is 0.481 e. The summed E-state index contributed by atoms with van der Waals surface area (Å²) in [5, 5.41) is 12.7. The normalized spacial score (nSPS) is 10.4. The van der Waals surface area contributed by atoms with Crippen LogP contribution < -0.4 is 0 Å². The summed E-state index contributed by atoms with van der Waals surface area (Å²) in [6.07, 6.45) is 0. The molecule has 1 N–H and O–H groups in total. The van der Waals surface area contributed by atoms with Gasteiger partial charge in [0.05, 0.1) is 5.75 Å². The van der Waals surface area contributed by atoms with Crippen molar-refractivity contribution in [3.63, 3.8) is 0 Å². The lowest BCUT2D eigenvalue weighted by Gasteiger charge is -1.95. The van der Waals surface area contributed by atoms with E-state index in [-0.39, 0.29) is 5.75 Å². The molecule has 0 fully saturated rings. The van der Waals surface area contributed by atoms with E-state index in [2.05, 4.69) is 4.98 Å². The number of carboxylic acids is 1. The quantitative estimate of drug-likeness (QED) is 0.872. The van der Waals surface area contributed by atoms with E-state index in [0.717, 1.165) is 15.6 Å². The van der Waals surface area contributed by atoms with Crippen molar-refractivity contribution < 1.29 is 9.90 Å². The summed E-state index contributed by atoms with van der Waals surface area (Å²) >= 11 is 8.52. The van der Waals surface area contributed by atoms with E-state index in [0.29, 0.717) is 5.02 Å². The maximum absolute atomic E-state index is 10.4. The maximum Gasteiger partial charge on any atom is 0.313 e. The molecule has 2 rings (SSSR count). The van der Waals surface area contributed by atoms with Crippen molar-refractivity contribution in [2.75, 3.05) is 5.75 Å². The Bertz CT molecular complexity index is 525. The van der Waals surface area contributed by atoms with Crippen LogP contribution >= 0.6 is 34.7 Å². The molecule has 0 amide bonds. The summed E-state index contributed by atoms with van der Waals surface area (Å²) in [5.41, 5.74) is 0.988. The van der Waals surface area contributed by atoms with Crippen molar-refractivity contribution in [1.82, 2.24) is 4.98 Å². The molecule has 2 aromatic rings. The van der Waals surface area contributed by atoms with Crippen LogP contribution in [0.25, 0.3) is 10.6 Å². The molecule has 0 radical (unpaired) electrons. The third-order valence-electron chi connectivity index (χ3n) is 1.92. The predicted molar refractivity (Wildman–Crippen MR) is 70.9 cm³/mol. The van der Waals surface area contributed by atoms with E-state index < -0.39 is 5.97 Å². The van der Waals surface area contributed by atoms with Gasteiger partial charge in [0, 0.05) is 16.0 Å². The van der Waals surface area contributed by atoms with Crippen molar-refractivity contribution in [2.24, 2.45) is 0 Å². The van der Waals surface area contributed by atoms with Gasteiger partial charge in [0.2, 0.25) is 0 Å². The number of carboxylic acid groups (broad SMARTS) is 1. The van der Waals surface area contributed by atoms with Crippen LogP contribution in [0.3, 0.4) is 0 Å². The summed E-state index contributed by atoms with van der Waals surface area (Å²) in [6.45, 7) is 0. The van der Waals surface area contributed by atoms with Gasteiger partial charge in [0.15, 0.2) is 0 Å². The van der Waals surface area contributed by atoms with E-state index in [1.165, 1.54) is 23.1 Å². The number of aliphatic carboxylic acids is 1. The molecule has 0 spiro atoms. The van der Waals surface area contributed by atoms with Gasteiger partial charge in [0.1, 0.15) is 10.0 Å². The van der Waals surface area contributed by atoms with Gasteiger partial charge >= 0.3 is 5.97 Å². The molecule has 1 aromatic heterocycles. The first-order valence-electron chi connectivity index (χ1n) is 4.71. The molecular weight excluding hydrogens is 278 g/mol. The number of hydrogen-bond acceptors (Lipinski definition) is 4. The number of nitrogens with zero attached hydrogens (tertiary/aromatic N) is 1. The van der Waals surface area contributed by atoms with Crippen molar-refractivity contribution in [3.8, 4) is 10.6 Å². The Balaban J connectivity index is 2.12. The molecule has 6 heteroatoms. The highest BCUT2D eigenvalue weighted by molar-refractivity contribution is 8.00. The fraction of sp³-hybridized carbons (Fsp3) is 0.0909. The highest BCUT2D eigenvalue weighted by atomic mass is 35.5. The summed E-state index contributed by atoms with van der Waals surface area (Å²) in [4.78, 5) is 14.8. The third-order valence-corrected chi connectivity index (χ3v) is 4.11. The number of carbonyl (C=O) groups is 1. The molecule has 0 atom stereocenters. The number of hydrogen-bond donors (Lipinski definition) is 1. The number of thiazole rings is 1. The molecular formula is C11H8ClNO2S2. The molecule has 1 heterocycles. The second-order valence-electron chi connectivity index (χ2n) is 3.18. The first-order chi connectivity index (χ1) is 8.15. The maximum atomic E-state index is 10.4. The van der Waals surface area contributed by atoms with Crippen LogP contribution in [0.4, 0.5) is 0 Å². The fourth-order valence-electron chi connectivity index (χ4n) is 1.19. The topological polar surface area (TPSA) is 50.2 Å². The molecule has 0 bridgehead atoms. The van der Waals surface area contributed by atoms with Gasteiger partial charge in [0.25, 0.3) is 0 Å². The predicted octanol–water partition coefficient (Wildman–Crippen LogP) is 3.64. The molecule has 17 heavy (non-hydrogen) atoms. The molecule has 0 saturated heterocycles. The Hall–Kier alpha value is -1.04. The van der Waals surface area contributed by atoms with Crippen LogP contribution in [0.5, 0.6) is 0 Å². The van der Waals surface area contributed by atoms with Gasteiger partial charge in [-0.05, 0) is 12.1 Å². The van der Waals surface area contributed by atoms with Crippen molar-refractivity contribution in [2.45, 2.75) is 5.03 Å². The highest BCUT2D eigenvalue weighted by Gasteiger charge is 2.06. The lowest BCUT2D eigenvalue weighted by molar-refractivity contribution is -0.133. The summed E-state index contributed by atoms with van der Waals surface area (Å²) in [7, 11) is 0. The van der Waals surface area contributed by atoms with Gasteiger partial charge in [-0.1, -0.05) is 35.5 Å². The van der Waals surface area contributed by atoms with E-state index in [1.54, 1.807) is 0 Å². The number of aromatic nitrogens is 1.